The van der Waals surface area contributed by atoms with E-state index < -0.39 is 5.97 Å². The molecule has 0 spiro atoms. The molecule has 1 aliphatic carbocycles. The molecule has 0 radical (unpaired) electrons. The van der Waals surface area contributed by atoms with Crippen molar-refractivity contribution in [2.75, 3.05) is 0 Å². The average Bonchev–Trinajstić information content (AvgIpc) is 2.16. The summed E-state index contributed by atoms with van der Waals surface area (Å²) >= 11 is 0. The Kier molecular flexibility index (Phi) is 5.09. The van der Waals surface area contributed by atoms with Crippen molar-refractivity contribution in [3.05, 3.63) is 0 Å². The lowest BCUT2D eigenvalue weighted by atomic mass is 9.77. The van der Waals surface area contributed by atoms with E-state index in [1.807, 2.05) is 0 Å². The quantitative estimate of drug-likeness (QED) is 0.682. The molecule has 0 aliphatic heterocycles. The summed E-state index contributed by atoms with van der Waals surface area (Å²) in [6.07, 6.45) is 6.39. The Bertz CT molecular complexity index is 204. The van der Waals surface area contributed by atoms with Crippen molar-refractivity contribution >= 4 is 5.97 Å². The summed E-state index contributed by atoms with van der Waals surface area (Å²) in [5.74, 6) is 0.0127. The van der Waals surface area contributed by atoms with E-state index in [0.29, 0.717) is 12.0 Å². The van der Waals surface area contributed by atoms with Gasteiger partial charge in [-0.15, -0.1) is 0 Å². The number of hydrogen-bond donors (Lipinski definition) is 2. The van der Waals surface area contributed by atoms with Gasteiger partial charge in [-0.25, -0.2) is 0 Å². The van der Waals surface area contributed by atoms with Crippen molar-refractivity contribution in [1.29, 1.82) is 0 Å². The maximum Gasteiger partial charge on any atom is 0.320 e. The van der Waals surface area contributed by atoms with Crippen LogP contribution in [0, 0.1) is 5.92 Å². The van der Waals surface area contributed by atoms with E-state index in [9.17, 15) is 4.79 Å². The number of rotatable bonds is 7. The maximum absolute atomic E-state index is 11.0. The van der Waals surface area contributed by atoms with E-state index in [-0.39, 0.29) is 6.04 Å². The Balaban J connectivity index is 2.33. The van der Waals surface area contributed by atoms with Gasteiger partial charge in [-0.1, -0.05) is 33.1 Å². The first-order valence-electron chi connectivity index (χ1n) is 6.17. The van der Waals surface area contributed by atoms with Gasteiger partial charge in [0.2, 0.25) is 0 Å². The summed E-state index contributed by atoms with van der Waals surface area (Å²) in [6.45, 7) is 4.28. The van der Waals surface area contributed by atoms with E-state index in [1.54, 1.807) is 0 Å². The van der Waals surface area contributed by atoms with Crippen molar-refractivity contribution in [2.45, 2.75) is 64.5 Å². The summed E-state index contributed by atoms with van der Waals surface area (Å²) in [4.78, 5) is 11.0. The van der Waals surface area contributed by atoms with E-state index in [0.717, 1.165) is 32.1 Å². The van der Waals surface area contributed by atoms with Crippen molar-refractivity contribution < 1.29 is 9.90 Å². The van der Waals surface area contributed by atoms with Gasteiger partial charge in [0.25, 0.3) is 0 Å². The Morgan fingerprint density at radius 2 is 2.20 bits per heavy atom. The van der Waals surface area contributed by atoms with Crippen LogP contribution in [0.25, 0.3) is 0 Å². The van der Waals surface area contributed by atoms with Crippen molar-refractivity contribution in [1.82, 2.24) is 5.32 Å². The number of hydrogen-bond acceptors (Lipinski definition) is 2. The van der Waals surface area contributed by atoms with Crippen LogP contribution in [-0.4, -0.2) is 23.2 Å². The van der Waals surface area contributed by atoms with E-state index >= 15 is 0 Å². The van der Waals surface area contributed by atoms with Gasteiger partial charge >= 0.3 is 5.97 Å². The highest BCUT2D eigenvalue weighted by Crippen LogP contribution is 2.30. The van der Waals surface area contributed by atoms with Crippen LogP contribution < -0.4 is 5.32 Å². The molecule has 0 bridgehead atoms. The molecule has 0 aromatic heterocycles. The SMILES string of the molecule is CCCCC(NC1CCC1CC)C(=O)O. The summed E-state index contributed by atoms with van der Waals surface area (Å²) in [5.41, 5.74) is 0. The molecule has 3 atom stereocenters. The lowest BCUT2D eigenvalue weighted by molar-refractivity contribution is -0.140. The predicted octanol–water partition coefficient (Wildman–Crippen LogP) is 2.41. The molecular weight excluding hydrogens is 190 g/mol. The van der Waals surface area contributed by atoms with Crippen molar-refractivity contribution in [3.63, 3.8) is 0 Å². The monoisotopic (exact) mass is 213 g/mol. The molecule has 1 aliphatic rings. The van der Waals surface area contributed by atoms with E-state index in [1.165, 1.54) is 6.42 Å². The van der Waals surface area contributed by atoms with Crippen LogP contribution in [0.1, 0.15) is 52.4 Å². The zero-order valence-corrected chi connectivity index (χ0v) is 9.83. The Morgan fingerprint density at radius 3 is 2.60 bits per heavy atom. The average molecular weight is 213 g/mol. The largest absolute Gasteiger partial charge is 0.480 e. The normalized spacial score (nSPS) is 27.1. The standard InChI is InChI=1S/C12H23NO2/c1-3-5-6-11(12(14)15)13-10-8-7-9(10)4-2/h9-11,13H,3-8H2,1-2H3,(H,14,15). The van der Waals surface area contributed by atoms with E-state index in [2.05, 4.69) is 19.2 Å². The molecule has 88 valence electrons. The number of carboxylic acid groups (broad SMARTS) is 1. The molecule has 3 nitrogen and oxygen atoms in total. The lowest BCUT2D eigenvalue weighted by Crippen LogP contribution is -2.51. The first kappa shape index (κ1) is 12.5. The third-order valence-electron chi connectivity index (χ3n) is 3.50. The Hall–Kier alpha value is -0.570. The van der Waals surface area contributed by atoms with Crippen LogP contribution in [0.2, 0.25) is 0 Å². The summed E-state index contributed by atoms with van der Waals surface area (Å²) in [5, 5.41) is 12.4. The van der Waals surface area contributed by atoms with Crippen LogP contribution in [-0.2, 0) is 4.79 Å². The molecule has 1 saturated carbocycles. The van der Waals surface area contributed by atoms with Crippen LogP contribution >= 0.6 is 0 Å². The molecule has 0 heterocycles. The predicted molar refractivity (Wildman–Crippen MR) is 60.9 cm³/mol. The van der Waals surface area contributed by atoms with Crippen LogP contribution in [0.3, 0.4) is 0 Å². The summed E-state index contributed by atoms with van der Waals surface area (Å²) in [6, 6.07) is 0.122. The molecule has 0 amide bonds. The Morgan fingerprint density at radius 1 is 1.47 bits per heavy atom. The molecule has 0 aromatic rings. The third-order valence-corrected chi connectivity index (χ3v) is 3.50. The molecule has 3 unspecified atom stereocenters. The molecule has 0 saturated heterocycles. The molecular formula is C12H23NO2. The number of aliphatic carboxylic acids is 1. The van der Waals surface area contributed by atoms with Gasteiger partial charge in [0, 0.05) is 6.04 Å². The van der Waals surface area contributed by atoms with Crippen LogP contribution in [0.5, 0.6) is 0 Å². The molecule has 0 aromatic carbocycles. The molecule has 15 heavy (non-hydrogen) atoms. The van der Waals surface area contributed by atoms with Crippen LogP contribution in [0.15, 0.2) is 0 Å². The molecule has 2 N–H and O–H groups in total. The zero-order valence-electron chi connectivity index (χ0n) is 9.83. The summed E-state index contributed by atoms with van der Waals surface area (Å²) in [7, 11) is 0. The Labute approximate surface area is 92.3 Å². The van der Waals surface area contributed by atoms with Gasteiger partial charge in [-0.05, 0) is 25.2 Å². The highest BCUT2D eigenvalue weighted by atomic mass is 16.4. The highest BCUT2D eigenvalue weighted by Gasteiger charge is 2.32. The van der Waals surface area contributed by atoms with Gasteiger partial charge in [-0.2, -0.15) is 0 Å². The molecule has 3 heteroatoms. The number of carboxylic acids is 1. The minimum absolute atomic E-state index is 0.329. The second-order valence-electron chi connectivity index (χ2n) is 4.55. The van der Waals surface area contributed by atoms with Gasteiger partial charge in [0.1, 0.15) is 6.04 Å². The number of nitrogens with one attached hydrogen (secondary N) is 1. The second-order valence-corrected chi connectivity index (χ2v) is 4.55. The zero-order chi connectivity index (χ0) is 11.3. The van der Waals surface area contributed by atoms with Gasteiger partial charge in [0.05, 0.1) is 0 Å². The lowest BCUT2D eigenvalue weighted by Gasteiger charge is -2.38. The van der Waals surface area contributed by atoms with Crippen molar-refractivity contribution in [2.24, 2.45) is 5.92 Å². The van der Waals surface area contributed by atoms with Crippen LogP contribution in [0.4, 0.5) is 0 Å². The minimum atomic E-state index is -0.690. The smallest absolute Gasteiger partial charge is 0.320 e. The fraction of sp³-hybridized carbons (Fsp3) is 0.917. The first-order chi connectivity index (χ1) is 7.19. The fourth-order valence-electron chi connectivity index (χ4n) is 2.22. The second kappa shape index (κ2) is 6.11. The maximum atomic E-state index is 11.0. The highest BCUT2D eigenvalue weighted by molar-refractivity contribution is 5.73. The van der Waals surface area contributed by atoms with Gasteiger partial charge < -0.3 is 10.4 Å². The molecule has 1 fully saturated rings. The third kappa shape index (κ3) is 3.49. The van der Waals surface area contributed by atoms with Crippen molar-refractivity contribution in [3.8, 4) is 0 Å². The number of carbonyl (C=O) groups is 1. The van der Waals surface area contributed by atoms with Gasteiger partial charge in [0.15, 0.2) is 0 Å². The summed E-state index contributed by atoms with van der Waals surface area (Å²) < 4.78 is 0. The first-order valence-corrected chi connectivity index (χ1v) is 6.17. The molecule has 1 rings (SSSR count). The van der Waals surface area contributed by atoms with E-state index in [4.69, 9.17) is 5.11 Å². The van der Waals surface area contributed by atoms with Gasteiger partial charge in [-0.3, -0.25) is 4.79 Å². The topological polar surface area (TPSA) is 49.3 Å². The minimum Gasteiger partial charge on any atom is -0.480 e. The number of unbranched alkanes of at least 4 members (excludes halogenated alkanes) is 1. The fourth-order valence-corrected chi connectivity index (χ4v) is 2.22.